The summed E-state index contributed by atoms with van der Waals surface area (Å²) < 4.78 is 0. The molecule has 90 valence electrons. The lowest BCUT2D eigenvalue weighted by Gasteiger charge is -2.15. The molecule has 2 heteroatoms. The van der Waals surface area contributed by atoms with Crippen molar-refractivity contribution in [2.75, 3.05) is 0 Å². The van der Waals surface area contributed by atoms with Gasteiger partial charge in [-0.15, -0.1) is 0 Å². The molecule has 1 aromatic rings. The second kappa shape index (κ2) is 6.93. The Kier molecular flexibility index (Phi) is 5.86. The molecule has 0 saturated heterocycles. The van der Waals surface area contributed by atoms with Gasteiger partial charge in [-0.05, 0) is 30.5 Å². The van der Waals surface area contributed by atoms with Gasteiger partial charge >= 0.3 is 0 Å². The van der Waals surface area contributed by atoms with Crippen molar-refractivity contribution in [3.8, 4) is 0 Å². The zero-order chi connectivity index (χ0) is 12.0. The van der Waals surface area contributed by atoms with Crippen LogP contribution in [0, 0.1) is 6.92 Å². The Hall–Kier alpha value is -0.530. The summed E-state index contributed by atoms with van der Waals surface area (Å²) in [7, 11) is 0. The standard InChI is InChI=1S/C14H22ClN/c1-3-4-5-6-10-14(16)12-8-7-9-13(15)11(12)2/h7-9,14H,3-6,10,16H2,1-2H3. The third-order valence-electron chi connectivity index (χ3n) is 3.08. The van der Waals surface area contributed by atoms with Crippen LogP contribution in [0.5, 0.6) is 0 Å². The predicted octanol–water partition coefficient (Wildman–Crippen LogP) is 4.62. The van der Waals surface area contributed by atoms with Crippen LogP contribution in [0.15, 0.2) is 18.2 Å². The highest BCUT2D eigenvalue weighted by Crippen LogP contribution is 2.25. The van der Waals surface area contributed by atoms with E-state index in [4.69, 9.17) is 17.3 Å². The van der Waals surface area contributed by atoms with E-state index in [1.165, 1.54) is 31.2 Å². The van der Waals surface area contributed by atoms with Gasteiger partial charge in [0.15, 0.2) is 0 Å². The fourth-order valence-electron chi connectivity index (χ4n) is 1.97. The van der Waals surface area contributed by atoms with E-state index in [2.05, 4.69) is 13.0 Å². The van der Waals surface area contributed by atoms with Crippen molar-refractivity contribution < 1.29 is 0 Å². The Morgan fingerprint density at radius 3 is 2.69 bits per heavy atom. The number of benzene rings is 1. The molecular formula is C14H22ClN. The van der Waals surface area contributed by atoms with Crippen LogP contribution in [0.4, 0.5) is 0 Å². The normalized spacial score (nSPS) is 12.8. The molecule has 16 heavy (non-hydrogen) atoms. The molecule has 1 aromatic carbocycles. The molecular weight excluding hydrogens is 218 g/mol. The van der Waals surface area contributed by atoms with E-state index in [0.717, 1.165) is 17.0 Å². The maximum Gasteiger partial charge on any atom is 0.0438 e. The largest absolute Gasteiger partial charge is 0.324 e. The summed E-state index contributed by atoms with van der Waals surface area (Å²) in [6, 6.07) is 6.13. The number of nitrogens with two attached hydrogens (primary N) is 1. The van der Waals surface area contributed by atoms with Crippen molar-refractivity contribution in [3.05, 3.63) is 34.3 Å². The number of hydrogen-bond donors (Lipinski definition) is 1. The summed E-state index contributed by atoms with van der Waals surface area (Å²) in [6.07, 6.45) is 6.12. The number of hydrogen-bond acceptors (Lipinski definition) is 1. The van der Waals surface area contributed by atoms with Crippen LogP contribution < -0.4 is 5.73 Å². The summed E-state index contributed by atoms with van der Waals surface area (Å²) in [5.74, 6) is 0. The van der Waals surface area contributed by atoms with Crippen LogP contribution in [0.2, 0.25) is 5.02 Å². The molecule has 0 aromatic heterocycles. The van der Waals surface area contributed by atoms with Crippen molar-refractivity contribution >= 4 is 11.6 Å². The Morgan fingerprint density at radius 1 is 1.25 bits per heavy atom. The number of unbranched alkanes of at least 4 members (excludes halogenated alkanes) is 3. The third-order valence-corrected chi connectivity index (χ3v) is 3.49. The lowest BCUT2D eigenvalue weighted by molar-refractivity contribution is 0.564. The fourth-order valence-corrected chi connectivity index (χ4v) is 2.15. The Morgan fingerprint density at radius 2 is 2.00 bits per heavy atom. The minimum absolute atomic E-state index is 0.135. The second-order valence-corrected chi connectivity index (χ2v) is 4.82. The average molecular weight is 240 g/mol. The molecule has 0 bridgehead atoms. The Bertz CT molecular complexity index is 323. The van der Waals surface area contributed by atoms with Crippen molar-refractivity contribution in [1.29, 1.82) is 0 Å². The third kappa shape index (κ3) is 3.80. The summed E-state index contributed by atoms with van der Waals surface area (Å²) in [5.41, 5.74) is 8.52. The van der Waals surface area contributed by atoms with E-state index in [9.17, 15) is 0 Å². The smallest absolute Gasteiger partial charge is 0.0438 e. The summed E-state index contributed by atoms with van der Waals surface area (Å²) >= 11 is 6.09. The summed E-state index contributed by atoms with van der Waals surface area (Å²) in [6.45, 7) is 4.27. The average Bonchev–Trinajstić information content (AvgIpc) is 2.28. The minimum atomic E-state index is 0.135. The van der Waals surface area contributed by atoms with Gasteiger partial charge in [-0.1, -0.05) is 56.3 Å². The highest BCUT2D eigenvalue weighted by atomic mass is 35.5. The molecule has 0 fully saturated rings. The molecule has 2 N–H and O–H groups in total. The van der Waals surface area contributed by atoms with E-state index in [1.807, 2.05) is 19.1 Å². The quantitative estimate of drug-likeness (QED) is 0.721. The maximum absolute atomic E-state index is 6.19. The Labute approximate surface area is 104 Å². The predicted molar refractivity (Wildman–Crippen MR) is 71.9 cm³/mol. The van der Waals surface area contributed by atoms with Gasteiger partial charge in [0.05, 0.1) is 0 Å². The van der Waals surface area contributed by atoms with E-state index < -0.39 is 0 Å². The molecule has 1 rings (SSSR count). The molecule has 0 heterocycles. The van der Waals surface area contributed by atoms with E-state index in [0.29, 0.717) is 0 Å². The SMILES string of the molecule is CCCCCCC(N)c1cccc(Cl)c1C. The van der Waals surface area contributed by atoms with Crippen LogP contribution in [-0.4, -0.2) is 0 Å². The van der Waals surface area contributed by atoms with Gasteiger partial charge in [0.1, 0.15) is 0 Å². The molecule has 1 unspecified atom stereocenters. The summed E-state index contributed by atoms with van der Waals surface area (Å²) in [4.78, 5) is 0. The first-order valence-corrected chi connectivity index (χ1v) is 6.55. The zero-order valence-corrected chi connectivity index (χ0v) is 11.1. The van der Waals surface area contributed by atoms with Crippen molar-refractivity contribution in [2.45, 2.75) is 52.0 Å². The topological polar surface area (TPSA) is 26.0 Å². The lowest BCUT2D eigenvalue weighted by Crippen LogP contribution is -2.11. The molecule has 0 radical (unpaired) electrons. The highest BCUT2D eigenvalue weighted by molar-refractivity contribution is 6.31. The molecule has 0 aliphatic heterocycles. The van der Waals surface area contributed by atoms with Gasteiger partial charge in [0.2, 0.25) is 0 Å². The first-order valence-electron chi connectivity index (χ1n) is 6.17. The van der Waals surface area contributed by atoms with Gasteiger partial charge in [-0.25, -0.2) is 0 Å². The molecule has 0 amide bonds. The molecule has 0 aliphatic rings. The summed E-state index contributed by atoms with van der Waals surface area (Å²) in [5, 5.41) is 0.821. The molecule has 1 atom stereocenters. The van der Waals surface area contributed by atoms with Crippen molar-refractivity contribution in [3.63, 3.8) is 0 Å². The Balaban J connectivity index is 2.52. The van der Waals surface area contributed by atoms with Gasteiger partial charge in [0, 0.05) is 11.1 Å². The minimum Gasteiger partial charge on any atom is -0.324 e. The van der Waals surface area contributed by atoms with E-state index >= 15 is 0 Å². The molecule has 0 saturated carbocycles. The van der Waals surface area contributed by atoms with Crippen LogP contribution in [-0.2, 0) is 0 Å². The van der Waals surface area contributed by atoms with Crippen molar-refractivity contribution in [2.24, 2.45) is 5.73 Å². The van der Waals surface area contributed by atoms with Crippen LogP contribution >= 0.6 is 11.6 Å². The first kappa shape index (κ1) is 13.5. The van der Waals surface area contributed by atoms with E-state index in [-0.39, 0.29) is 6.04 Å². The van der Waals surface area contributed by atoms with Crippen LogP contribution in [0.3, 0.4) is 0 Å². The monoisotopic (exact) mass is 239 g/mol. The highest BCUT2D eigenvalue weighted by Gasteiger charge is 2.09. The second-order valence-electron chi connectivity index (χ2n) is 4.41. The molecule has 0 aliphatic carbocycles. The van der Waals surface area contributed by atoms with Crippen molar-refractivity contribution in [1.82, 2.24) is 0 Å². The number of halogens is 1. The van der Waals surface area contributed by atoms with Gasteiger partial charge in [-0.2, -0.15) is 0 Å². The van der Waals surface area contributed by atoms with Gasteiger partial charge in [-0.3, -0.25) is 0 Å². The maximum atomic E-state index is 6.19. The van der Waals surface area contributed by atoms with Crippen LogP contribution in [0.1, 0.15) is 56.2 Å². The molecule has 1 nitrogen and oxygen atoms in total. The first-order chi connectivity index (χ1) is 7.66. The van der Waals surface area contributed by atoms with Gasteiger partial charge in [0.25, 0.3) is 0 Å². The zero-order valence-electron chi connectivity index (χ0n) is 10.3. The fraction of sp³-hybridized carbons (Fsp3) is 0.571. The van der Waals surface area contributed by atoms with Gasteiger partial charge < -0.3 is 5.73 Å². The number of rotatable bonds is 6. The molecule has 0 spiro atoms. The lowest BCUT2D eigenvalue weighted by atomic mass is 9.97. The van der Waals surface area contributed by atoms with E-state index in [1.54, 1.807) is 0 Å². The van der Waals surface area contributed by atoms with Crippen LogP contribution in [0.25, 0.3) is 0 Å².